The largest absolute Gasteiger partial charge is 0.467 e. The topological polar surface area (TPSA) is 79.4 Å². The fraction of sp³-hybridized carbons (Fsp3) is 0.786. The lowest BCUT2D eigenvalue weighted by molar-refractivity contribution is -0.157. The summed E-state index contributed by atoms with van der Waals surface area (Å²) in [7, 11) is 4.59. The van der Waals surface area contributed by atoms with Gasteiger partial charge in [-0.3, -0.25) is 9.69 Å². The van der Waals surface area contributed by atoms with Crippen molar-refractivity contribution >= 4 is 29.6 Å². The van der Waals surface area contributed by atoms with Gasteiger partial charge in [-0.2, -0.15) is 0 Å². The highest BCUT2D eigenvalue weighted by molar-refractivity contribution is 8.00. The Morgan fingerprint density at radius 2 is 1.65 bits per heavy atom. The number of amides is 1. The third-order valence-corrected chi connectivity index (χ3v) is 5.36. The highest BCUT2D eigenvalue weighted by Gasteiger charge is 2.46. The van der Waals surface area contributed by atoms with Crippen LogP contribution in [0.3, 0.4) is 0 Å². The van der Waals surface area contributed by atoms with Crippen molar-refractivity contribution < 1.29 is 23.9 Å². The Morgan fingerprint density at radius 1 is 1.04 bits per heavy atom. The predicted molar refractivity (Wildman–Crippen MR) is 84.8 cm³/mol. The van der Waals surface area contributed by atoms with Crippen LogP contribution in [0.2, 0.25) is 0 Å². The third kappa shape index (κ3) is 4.15. The summed E-state index contributed by atoms with van der Waals surface area (Å²) in [6, 6.07) is -0.742. The van der Waals surface area contributed by atoms with Crippen LogP contribution in [0.4, 0.5) is 0 Å². The normalized spacial score (nSPS) is 26.1. The zero-order chi connectivity index (χ0) is 17.0. The van der Waals surface area contributed by atoms with Gasteiger partial charge in [-0.05, 0) is 7.05 Å². The van der Waals surface area contributed by atoms with E-state index in [1.54, 1.807) is 0 Å². The molecule has 23 heavy (non-hydrogen) atoms. The summed E-state index contributed by atoms with van der Waals surface area (Å²) in [5.41, 5.74) is 0. The number of piperazine rings is 1. The number of methoxy groups -OCH3 is 2. The van der Waals surface area contributed by atoms with Crippen LogP contribution >= 0.6 is 11.8 Å². The molecule has 8 nitrogen and oxygen atoms in total. The van der Waals surface area contributed by atoms with E-state index in [0.717, 1.165) is 26.2 Å². The zero-order valence-corrected chi connectivity index (χ0v) is 14.5. The first kappa shape index (κ1) is 18.0. The Bertz CT molecular complexity index is 443. The molecule has 2 fully saturated rings. The number of nitrogens with zero attached hydrogens (tertiary/aromatic N) is 3. The van der Waals surface area contributed by atoms with E-state index >= 15 is 0 Å². The number of thioether (sulfide) groups is 1. The molecule has 2 heterocycles. The highest BCUT2D eigenvalue weighted by Crippen LogP contribution is 2.30. The van der Waals surface area contributed by atoms with Crippen LogP contribution in [0.25, 0.3) is 0 Å². The number of likely N-dealkylation sites (N-methyl/N-ethyl adjacent to an activating group) is 1. The molecule has 0 aromatic rings. The number of hydrogen-bond donors (Lipinski definition) is 0. The third-order valence-electron chi connectivity index (χ3n) is 4.12. The first-order chi connectivity index (χ1) is 11.0. The Balaban J connectivity index is 2.07. The van der Waals surface area contributed by atoms with Gasteiger partial charge in [-0.25, -0.2) is 9.59 Å². The van der Waals surface area contributed by atoms with Gasteiger partial charge in [0.05, 0.1) is 20.8 Å². The molecule has 0 aliphatic carbocycles. The molecule has 0 aromatic carbocycles. The first-order valence-electron chi connectivity index (χ1n) is 7.47. The molecule has 2 aliphatic heterocycles. The molecule has 0 unspecified atom stereocenters. The van der Waals surface area contributed by atoms with E-state index in [2.05, 4.69) is 4.90 Å². The molecule has 0 saturated carbocycles. The van der Waals surface area contributed by atoms with E-state index in [1.165, 1.54) is 30.9 Å². The molecular weight excluding hydrogens is 322 g/mol. The van der Waals surface area contributed by atoms with Crippen LogP contribution in [0.5, 0.6) is 0 Å². The molecule has 130 valence electrons. The fourth-order valence-electron chi connectivity index (χ4n) is 2.69. The summed E-state index contributed by atoms with van der Waals surface area (Å²) in [6.07, 6.45) is 0. The van der Waals surface area contributed by atoms with Crippen molar-refractivity contribution in [3.63, 3.8) is 0 Å². The summed E-state index contributed by atoms with van der Waals surface area (Å²) >= 11 is 1.23. The molecule has 2 saturated heterocycles. The molecule has 0 bridgehead atoms. The lowest BCUT2D eigenvalue weighted by atomic mass is 10.2. The van der Waals surface area contributed by atoms with E-state index in [0.29, 0.717) is 5.75 Å². The van der Waals surface area contributed by atoms with Crippen LogP contribution in [0, 0.1) is 0 Å². The molecule has 2 aliphatic rings. The minimum atomic E-state index is -0.788. The number of ether oxygens (including phenoxy) is 2. The quantitative estimate of drug-likeness (QED) is 0.591. The second kappa shape index (κ2) is 7.98. The summed E-state index contributed by atoms with van der Waals surface area (Å²) in [5.74, 6) is -0.935. The monoisotopic (exact) mass is 345 g/mol. The maximum atomic E-state index is 12.7. The van der Waals surface area contributed by atoms with Crippen molar-refractivity contribution in [3.8, 4) is 0 Å². The molecule has 1 amide bonds. The van der Waals surface area contributed by atoms with E-state index in [4.69, 9.17) is 9.47 Å². The summed E-state index contributed by atoms with van der Waals surface area (Å²) in [6.45, 7) is 3.55. The molecular formula is C14H23N3O5S. The summed E-state index contributed by atoms with van der Waals surface area (Å²) in [4.78, 5) is 42.1. The lowest BCUT2D eigenvalue weighted by Crippen LogP contribution is -2.54. The van der Waals surface area contributed by atoms with Crippen molar-refractivity contribution in [2.24, 2.45) is 0 Å². The SMILES string of the molecule is COC(=O)[C@@H]1CS[C@@H](C(=O)OC)N1C(=O)CN1CCN(C)CC1. The second-order valence-corrected chi connectivity index (χ2v) is 6.74. The Hall–Kier alpha value is -1.32. The van der Waals surface area contributed by atoms with Crippen molar-refractivity contribution in [2.45, 2.75) is 11.4 Å². The van der Waals surface area contributed by atoms with Gasteiger partial charge in [0.1, 0.15) is 6.04 Å². The highest BCUT2D eigenvalue weighted by atomic mass is 32.2. The lowest BCUT2D eigenvalue weighted by Gasteiger charge is -2.34. The molecule has 0 aromatic heterocycles. The van der Waals surface area contributed by atoms with E-state index in [9.17, 15) is 14.4 Å². The van der Waals surface area contributed by atoms with Gasteiger partial charge in [0.2, 0.25) is 5.91 Å². The minimum Gasteiger partial charge on any atom is -0.467 e. The first-order valence-corrected chi connectivity index (χ1v) is 8.52. The zero-order valence-electron chi connectivity index (χ0n) is 13.7. The Morgan fingerprint density at radius 3 is 2.22 bits per heavy atom. The van der Waals surface area contributed by atoms with E-state index in [-0.39, 0.29) is 12.5 Å². The van der Waals surface area contributed by atoms with Crippen LogP contribution in [0.1, 0.15) is 0 Å². The number of hydrogen-bond acceptors (Lipinski definition) is 8. The average molecular weight is 345 g/mol. The number of carbonyl (C=O) groups is 3. The average Bonchev–Trinajstić information content (AvgIpc) is 3.00. The molecule has 2 atom stereocenters. The van der Waals surface area contributed by atoms with Gasteiger partial charge in [0, 0.05) is 31.9 Å². The molecule has 9 heteroatoms. The second-order valence-electron chi connectivity index (χ2n) is 5.63. The Labute approximate surface area is 140 Å². The smallest absolute Gasteiger partial charge is 0.339 e. The van der Waals surface area contributed by atoms with Crippen molar-refractivity contribution in [1.29, 1.82) is 0 Å². The van der Waals surface area contributed by atoms with Crippen molar-refractivity contribution in [1.82, 2.24) is 14.7 Å². The van der Waals surface area contributed by atoms with Crippen LogP contribution < -0.4 is 0 Å². The van der Waals surface area contributed by atoms with Gasteiger partial charge in [-0.15, -0.1) is 11.8 Å². The van der Waals surface area contributed by atoms with E-state index in [1.807, 2.05) is 11.9 Å². The fourth-order valence-corrected chi connectivity index (χ4v) is 4.01. The Kier molecular flexibility index (Phi) is 6.25. The van der Waals surface area contributed by atoms with Gasteiger partial charge in [0.25, 0.3) is 0 Å². The maximum Gasteiger partial charge on any atom is 0.339 e. The van der Waals surface area contributed by atoms with Crippen molar-refractivity contribution in [2.75, 3.05) is 59.7 Å². The maximum absolute atomic E-state index is 12.7. The summed E-state index contributed by atoms with van der Waals surface area (Å²) in [5, 5.41) is -0.788. The number of rotatable bonds is 4. The molecule has 0 radical (unpaired) electrons. The van der Waals surface area contributed by atoms with Crippen LogP contribution in [-0.4, -0.2) is 104 Å². The number of esters is 2. The van der Waals surface area contributed by atoms with Gasteiger partial charge in [-0.1, -0.05) is 0 Å². The predicted octanol–water partition coefficient (Wildman–Crippen LogP) is -1.15. The van der Waals surface area contributed by atoms with Crippen molar-refractivity contribution in [3.05, 3.63) is 0 Å². The van der Waals surface area contributed by atoms with Gasteiger partial charge < -0.3 is 19.3 Å². The molecule has 0 N–H and O–H groups in total. The minimum absolute atomic E-state index is 0.190. The van der Waals surface area contributed by atoms with E-state index < -0.39 is 23.4 Å². The molecule has 2 rings (SSSR count). The number of carbonyl (C=O) groups excluding carboxylic acids is 3. The van der Waals surface area contributed by atoms with Crippen LogP contribution in [0.15, 0.2) is 0 Å². The van der Waals surface area contributed by atoms with Gasteiger partial charge >= 0.3 is 11.9 Å². The molecule has 0 spiro atoms. The van der Waals surface area contributed by atoms with Gasteiger partial charge in [0.15, 0.2) is 5.37 Å². The standard InChI is InChI=1S/C14H23N3O5S/c1-15-4-6-16(7-5-15)8-11(18)17-10(13(19)21-2)9-23-12(17)14(20)22-3/h10,12H,4-9H2,1-3H3/t10-,12-/m0/s1. The van der Waals surface area contributed by atoms with Crippen LogP contribution in [-0.2, 0) is 23.9 Å². The summed E-state index contributed by atoms with van der Waals surface area (Å²) < 4.78 is 9.52.